The van der Waals surface area contributed by atoms with E-state index < -0.39 is 11.6 Å². The maximum atomic E-state index is 10.8. The zero-order chi connectivity index (χ0) is 23.9. The van der Waals surface area contributed by atoms with Gasteiger partial charge in [0.1, 0.15) is 5.54 Å². The average molecular weight is 436 g/mol. The topological polar surface area (TPSA) is 41.5 Å². The molecule has 1 aliphatic carbocycles. The fourth-order valence-electron chi connectivity index (χ4n) is 4.43. The van der Waals surface area contributed by atoms with Crippen LogP contribution in [0.4, 0.5) is 0 Å². The molecule has 3 nitrogen and oxygen atoms in total. The summed E-state index contributed by atoms with van der Waals surface area (Å²) in [5.74, 6) is 0. The Balaban J connectivity index is 2.05. The average Bonchev–Trinajstić information content (AvgIpc) is 3.06. The van der Waals surface area contributed by atoms with Gasteiger partial charge in [0.25, 0.3) is 0 Å². The third kappa shape index (κ3) is 4.85. The highest BCUT2D eigenvalue weighted by atomic mass is 16.7. The highest BCUT2D eigenvalue weighted by Crippen LogP contribution is 2.42. The first-order chi connectivity index (χ1) is 14.8. The van der Waals surface area contributed by atoms with Crippen molar-refractivity contribution in [3.8, 4) is 0 Å². The van der Waals surface area contributed by atoms with Crippen molar-refractivity contribution in [2.45, 2.75) is 86.5 Å². The van der Waals surface area contributed by atoms with E-state index in [9.17, 15) is 5.11 Å². The van der Waals surface area contributed by atoms with Crippen LogP contribution in [0, 0.1) is 31.6 Å². The second kappa shape index (κ2) is 8.78. The minimum absolute atomic E-state index is 0.139. The number of nitrogens with one attached hydrogen (secondary N) is 1. The lowest BCUT2D eigenvalue weighted by atomic mass is 9.79. The summed E-state index contributed by atoms with van der Waals surface area (Å²) in [6.07, 6.45) is 4.34. The molecule has 0 aromatic heterocycles. The molecule has 0 radical (unpaired) electrons. The molecule has 3 rings (SSSR count). The molecule has 32 heavy (non-hydrogen) atoms. The van der Waals surface area contributed by atoms with Gasteiger partial charge in [0, 0.05) is 6.42 Å². The standard InChI is InChI=1S/C29H41NO2/c1-19-16-20(2)21(3)24(17-19)29(15-14-22-12-10-11-13-23(22)29)30-32-26(28(7,8)9)18-25(31)27(4,5)6/h10-17,25-26,30-31H,18H2,1-9H3/t25?,26?,29-/m0/s1. The fraction of sp³-hybridized carbons (Fsp3) is 0.517. The predicted octanol–water partition coefficient (Wildman–Crippen LogP) is 6.62. The van der Waals surface area contributed by atoms with Crippen molar-refractivity contribution >= 4 is 6.08 Å². The number of aliphatic hydroxyl groups is 1. The maximum absolute atomic E-state index is 10.8. The van der Waals surface area contributed by atoms with E-state index in [1.807, 2.05) is 0 Å². The van der Waals surface area contributed by atoms with Crippen LogP contribution in [0.15, 0.2) is 42.5 Å². The van der Waals surface area contributed by atoms with Gasteiger partial charge in [0.2, 0.25) is 0 Å². The first-order valence-electron chi connectivity index (χ1n) is 11.7. The summed E-state index contributed by atoms with van der Waals surface area (Å²) in [7, 11) is 0. The number of aliphatic hydroxyl groups excluding tert-OH is 1. The van der Waals surface area contributed by atoms with E-state index >= 15 is 0 Å². The first-order valence-corrected chi connectivity index (χ1v) is 11.7. The molecule has 2 N–H and O–H groups in total. The molecule has 174 valence electrons. The van der Waals surface area contributed by atoms with E-state index in [0.29, 0.717) is 6.42 Å². The molecule has 0 bridgehead atoms. The number of hydrogen-bond acceptors (Lipinski definition) is 3. The van der Waals surface area contributed by atoms with Gasteiger partial charge >= 0.3 is 0 Å². The van der Waals surface area contributed by atoms with E-state index in [1.165, 1.54) is 33.4 Å². The largest absolute Gasteiger partial charge is 0.392 e. The molecule has 2 aromatic rings. The van der Waals surface area contributed by atoms with Crippen LogP contribution in [0.25, 0.3) is 6.08 Å². The van der Waals surface area contributed by atoms with Crippen molar-refractivity contribution in [2.24, 2.45) is 10.8 Å². The molecule has 2 unspecified atom stereocenters. The Bertz CT molecular complexity index is 993. The van der Waals surface area contributed by atoms with Crippen LogP contribution < -0.4 is 5.48 Å². The zero-order valence-corrected chi connectivity index (χ0v) is 21.3. The third-order valence-electron chi connectivity index (χ3n) is 6.90. The molecule has 1 aliphatic rings. The van der Waals surface area contributed by atoms with Gasteiger partial charge in [-0.25, -0.2) is 0 Å². The SMILES string of the molecule is Cc1cc(C)c(C)c([C@]2(NOC(CC(O)C(C)(C)C)C(C)(C)C)C=Cc3ccccc32)c1. The maximum Gasteiger partial charge on any atom is 0.112 e. The van der Waals surface area contributed by atoms with Gasteiger partial charge in [-0.3, -0.25) is 4.84 Å². The number of hydroxylamine groups is 1. The van der Waals surface area contributed by atoms with Gasteiger partial charge in [-0.15, -0.1) is 0 Å². The highest BCUT2D eigenvalue weighted by Gasteiger charge is 2.41. The monoisotopic (exact) mass is 435 g/mol. The Morgan fingerprint density at radius 2 is 1.59 bits per heavy atom. The Kier molecular flexibility index (Phi) is 6.77. The van der Waals surface area contributed by atoms with Crippen LogP contribution in [0.3, 0.4) is 0 Å². The molecular formula is C29H41NO2. The summed E-state index contributed by atoms with van der Waals surface area (Å²) in [6.45, 7) is 19.2. The molecule has 3 atom stereocenters. The highest BCUT2D eigenvalue weighted by molar-refractivity contribution is 5.69. The molecule has 0 saturated heterocycles. The number of benzene rings is 2. The second-order valence-electron chi connectivity index (χ2n) is 11.7. The summed E-state index contributed by atoms with van der Waals surface area (Å²) in [4.78, 5) is 6.54. The summed E-state index contributed by atoms with van der Waals surface area (Å²) in [6, 6.07) is 13.0. The number of fused-ring (bicyclic) bond motifs is 1. The van der Waals surface area contributed by atoms with Crippen molar-refractivity contribution in [1.82, 2.24) is 5.48 Å². The summed E-state index contributed by atoms with van der Waals surface area (Å²) in [5, 5.41) is 10.8. The second-order valence-corrected chi connectivity index (χ2v) is 11.7. The minimum Gasteiger partial charge on any atom is -0.392 e. The molecule has 2 aromatic carbocycles. The van der Waals surface area contributed by atoms with Crippen molar-refractivity contribution in [2.75, 3.05) is 0 Å². The third-order valence-corrected chi connectivity index (χ3v) is 6.90. The van der Waals surface area contributed by atoms with Crippen LogP contribution >= 0.6 is 0 Å². The number of rotatable bonds is 6. The fourth-order valence-corrected chi connectivity index (χ4v) is 4.43. The van der Waals surface area contributed by atoms with E-state index in [4.69, 9.17) is 4.84 Å². The smallest absolute Gasteiger partial charge is 0.112 e. The lowest BCUT2D eigenvalue weighted by Crippen LogP contribution is -2.47. The van der Waals surface area contributed by atoms with Gasteiger partial charge in [0.05, 0.1) is 12.2 Å². The van der Waals surface area contributed by atoms with Crippen LogP contribution in [0.2, 0.25) is 0 Å². The number of hydrogen-bond donors (Lipinski definition) is 2. The molecule has 0 heterocycles. The van der Waals surface area contributed by atoms with Crippen LogP contribution in [-0.4, -0.2) is 17.3 Å². The molecule has 0 spiro atoms. The van der Waals surface area contributed by atoms with Crippen molar-refractivity contribution in [1.29, 1.82) is 0 Å². The minimum atomic E-state index is -0.576. The van der Waals surface area contributed by atoms with Crippen LogP contribution in [0.1, 0.15) is 81.3 Å². The molecular weight excluding hydrogens is 394 g/mol. The van der Waals surface area contributed by atoms with Crippen molar-refractivity contribution in [3.05, 3.63) is 75.9 Å². The summed E-state index contributed by atoms with van der Waals surface area (Å²) < 4.78 is 0. The Morgan fingerprint density at radius 3 is 2.22 bits per heavy atom. The van der Waals surface area contributed by atoms with Crippen molar-refractivity contribution < 1.29 is 9.94 Å². The first kappa shape index (κ1) is 24.7. The van der Waals surface area contributed by atoms with Gasteiger partial charge in [-0.2, -0.15) is 5.48 Å². The molecule has 3 heteroatoms. The van der Waals surface area contributed by atoms with Gasteiger partial charge in [-0.05, 0) is 59.4 Å². The van der Waals surface area contributed by atoms with E-state index in [1.54, 1.807) is 0 Å². The Labute approximate surface area is 194 Å². The molecule has 0 aliphatic heterocycles. The summed E-state index contributed by atoms with van der Waals surface area (Å²) >= 11 is 0. The zero-order valence-electron chi connectivity index (χ0n) is 21.3. The van der Waals surface area contributed by atoms with Crippen LogP contribution in [0.5, 0.6) is 0 Å². The molecule has 0 amide bonds. The van der Waals surface area contributed by atoms with Gasteiger partial charge in [0.15, 0.2) is 0 Å². The van der Waals surface area contributed by atoms with Crippen molar-refractivity contribution in [3.63, 3.8) is 0 Å². The lowest BCUT2D eigenvalue weighted by molar-refractivity contribution is -0.125. The van der Waals surface area contributed by atoms with Gasteiger partial charge < -0.3 is 5.11 Å². The van der Waals surface area contributed by atoms with Crippen LogP contribution in [-0.2, 0) is 10.4 Å². The summed E-state index contributed by atoms with van der Waals surface area (Å²) in [5.41, 5.74) is 9.98. The molecule has 0 fully saturated rings. The lowest BCUT2D eigenvalue weighted by Gasteiger charge is -2.39. The Morgan fingerprint density at radius 1 is 0.938 bits per heavy atom. The van der Waals surface area contributed by atoms with E-state index in [0.717, 1.165) is 0 Å². The molecule has 0 saturated carbocycles. The van der Waals surface area contributed by atoms with E-state index in [2.05, 4.69) is 116 Å². The quantitative estimate of drug-likeness (QED) is 0.501. The normalized spacial score (nSPS) is 20.3. The number of aryl methyl sites for hydroxylation is 2. The predicted molar refractivity (Wildman–Crippen MR) is 134 cm³/mol. The van der Waals surface area contributed by atoms with E-state index in [-0.39, 0.29) is 16.9 Å². The van der Waals surface area contributed by atoms with Gasteiger partial charge in [-0.1, -0.05) is 95.7 Å². The Hall–Kier alpha value is -1.94.